The Hall–Kier alpha value is -2.14. The van der Waals surface area contributed by atoms with Gasteiger partial charge in [0.25, 0.3) is 0 Å². The first-order valence-electron chi connectivity index (χ1n) is 8.61. The molecule has 1 aliphatic heterocycles. The third-order valence-corrected chi connectivity index (χ3v) is 4.97. The van der Waals surface area contributed by atoms with E-state index in [2.05, 4.69) is 23.8 Å². The minimum Gasteiger partial charge on any atom is -0.481 e. The van der Waals surface area contributed by atoms with E-state index in [1.165, 1.54) is 11.3 Å². The number of hydrogen-bond donors (Lipinski definition) is 1. The summed E-state index contributed by atoms with van der Waals surface area (Å²) >= 11 is 0. The van der Waals surface area contributed by atoms with Gasteiger partial charge in [0, 0.05) is 43.4 Å². The molecule has 1 saturated heterocycles. The number of aliphatic carboxylic acids is 1. The molecule has 3 rings (SSSR count). The first-order valence-corrected chi connectivity index (χ1v) is 8.61. The highest BCUT2D eigenvalue weighted by Crippen LogP contribution is 2.33. The molecule has 1 fully saturated rings. The van der Waals surface area contributed by atoms with Gasteiger partial charge in [0.1, 0.15) is 0 Å². The third kappa shape index (κ3) is 3.36. The van der Waals surface area contributed by atoms with E-state index in [0.717, 1.165) is 31.6 Å². The van der Waals surface area contributed by atoms with Crippen molar-refractivity contribution in [2.45, 2.75) is 39.3 Å². The zero-order valence-electron chi connectivity index (χ0n) is 14.4. The van der Waals surface area contributed by atoms with Crippen LogP contribution in [0.3, 0.4) is 0 Å². The molecule has 0 radical (unpaired) electrons. The first kappa shape index (κ1) is 16.7. The lowest BCUT2D eigenvalue weighted by atomic mass is 9.89. The second-order valence-electron chi connectivity index (χ2n) is 6.63. The summed E-state index contributed by atoms with van der Waals surface area (Å²) in [5, 5.41) is 14.1. The van der Waals surface area contributed by atoms with Crippen molar-refractivity contribution in [1.29, 1.82) is 0 Å². The van der Waals surface area contributed by atoms with Crippen LogP contribution in [0.4, 0.5) is 0 Å². The Labute approximate surface area is 142 Å². The molecule has 1 aromatic heterocycles. The van der Waals surface area contributed by atoms with E-state index >= 15 is 0 Å². The number of hydrogen-bond acceptors (Lipinski definition) is 3. The molecule has 1 aromatic carbocycles. The molecule has 24 heavy (non-hydrogen) atoms. The highest BCUT2D eigenvalue weighted by Gasteiger charge is 2.38. The maximum absolute atomic E-state index is 11.7. The Morgan fingerprint density at radius 3 is 2.71 bits per heavy atom. The van der Waals surface area contributed by atoms with Gasteiger partial charge in [-0.2, -0.15) is 5.10 Å². The van der Waals surface area contributed by atoms with Gasteiger partial charge in [-0.05, 0) is 18.9 Å². The van der Waals surface area contributed by atoms with Crippen LogP contribution in [0.25, 0.3) is 0 Å². The molecule has 128 valence electrons. The molecule has 2 atom stereocenters. The Kier molecular flexibility index (Phi) is 5.00. The van der Waals surface area contributed by atoms with Gasteiger partial charge in [-0.25, -0.2) is 0 Å². The average molecular weight is 327 g/mol. The Morgan fingerprint density at radius 2 is 2.04 bits per heavy atom. The van der Waals surface area contributed by atoms with Crippen LogP contribution in [-0.2, 0) is 17.9 Å². The fourth-order valence-corrected chi connectivity index (χ4v) is 3.62. The predicted octanol–water partition coefficient (Wildman–Crippen LogP) is 2.90. The Balaban J connectivity index is 1.75. The van der Waals surface area contributed by atoms with Gasteiger partial charge in [-0.15, -0.1) is 0 Å². The van der Waals surface area contributed by atoms with Crippen molar-refractivity contribution in [1.82, 2.24) is 14.7 Å². The minimum atomic E-state index is -0.704. The maximum Gasteiger partial charge on any atom is 0.308 e. The topological polar surface area (TPSA) is 58.4 Å². The van der Waals surface area contributed by atoms with Crippen LogP contribution in [-0.4, -0.2) is 38.8 Å². The minimum absolute atomic E-state index is 0.0506. The summed E-state index contributed by atoms with van der Waals surface area (Å²) < 4.78 is 2.04. The van der Waals surface area contributed by atoms with Gasteiger partial charge in [0.05, 0.1) is 12.1 Å². The molecule has 2 heterocycles. The molecule has 1 N–H and O–H groups in total. The second kappa shape index (κ2) is 7.18. The summed E-state index contributed by atoms with van der Waals surface area (Å²) in [7, 11) is 0. The molecule has 0 spiro atoms. The van der Waals surface area contributed by atoms with E-state index in [1.54, 1.807) is 0 Å². The summed E-state index contributed by atoms with van der Waals surface area (Å²) in [4.78, 5) is 13.9. The zero-order chi connectivity index (χ0) is 17.1. The number of rotatable bonds is 6. The van der Waals surface area contributed by atoms with Crippen molar-refractivity contribution >= 4 is 5.97 Å². The van der Waals surface area contributed by atoms with Crippen molar-refractivity contribution in [2.75, 3.05) is 13.1 Å². The van der Waals surface area contributed by atoms with Gasteiger partial charge in [-0.3, -0.25) is 14.4 Å². The number of nitrogens with zero attached hydrogens (tertiary/aromatic N) is 3. The van der Waals surface area contributed by atoms with E-state index in [4.69, 9.17) is 0 Å². The van der Waals surface area contributed by atoms with Gasteiger partial charge in [0.2, 0.25) is 0 Å². The fraction of sp³-hybridized carbons (Fsp3) is 0.474. The lowest BCUT2D eigenvalue weighted by molar-refractivity contribution is -0.141. The van der Waals surface area contributed by atoms with E-state index in [0.29, 0.717) is 6.54 Å². The van der Waals surface area contributed by atoms with Crippen molar-refractivity contribution < 1.29 is 9.90 Å². The lowest BCUT2D eigenvalue weighted by Gasteiger charge is -2.16. The first-order chi connectivity index (χ1) is 11.6. The van der Waals surface area contributed by atoms with Crippen LogP contribution in [0, 0.1) is 12.8 Å². The maximum atomic E-state index is 11.7. The average Bonchev–Trinajstić information content (AvgIpc) is 3.15. The van der Waals surface area contributed by atoms with Crippen molar-refractivity contribution in [2.24, 2.45) is 5.92 Å². The number of carboxylic acids is 1. The number of benzene rings is 1. The smallest absolute Gasteiger partial charge is 0.308 e. The summed E-state index contributed by atoms with van der Waals surface area (Å²) in [5.41, 5.74) is 3.50. The van der Waals surface area contributed by atoms with Crippen LogP contribution >= 0.6 is 0 Å². The Morgan fingerprint density at radius 1 is 1.29 bits per heavy atom. The molecule has 5 heteroatoms. The molecular formula is C19H25N3O2. The van der Waals surface area contributed by atoms with Crippen LogP contribution in [0.5, 0.6) is 0 Å². The summed E-state index contributed by atoms with van der Waals surface area (Å²) in [6, 6.07) is 10.0. The molecule has 2 aromatic rings. The molecule has 0 saturated carbocycles. The molecule has 0 aliphatic carbocycles. The van der Waals surface area contributed by atoms with Gasteiger partial charge < -0.3 is 5.11 Å². The van der Waals surface area contributed by atoms with Crippen molar-refractivity contribution in [3.8, 4) is 0 Å². The quantitative estimate of drug-likeness (QED) is 0.886. The van der Waals surface area contributed by atoms with E-state index in [-0.39, 0.29) is 11.8 Å². The summed E-state index contributed by atoms with van der Waals surface area (Å²) in [6.07, 6.45) is 2.99. The largest absolute Gasteiger partial charge is 0.481 e. The number of aryl methyl sites for hydroxylation is 1. The summed E-state index contributed by atoms with van der Waals surface area (Å²) in [6.45, 7) is 7.30. The normalized spacial score (nSPS) is 21.2. The number of carboxylic acid groups (broad SMARTS) is 1. The van der Waals surface area contributed by atoms with Gasteiger partial charge >= 0.3 is 5.97 Å². The molecule has 0 bridgehead atoms. The molecule has 1 aliphatic rings. The molecule has 5 nitrogen and oxygen atoms in total. The molecular weight excluding hydrogens is 302 g/mol. The lowest BCUT2D eigenvalue weighted by Crippen LogP contribution is -2.23. The number of aromatic nitrogens is 2. The van der Waals surface area contributed by atoms with E-state index < -0.39 is 5.97 Å². The van der Waals surface area contributed by atoms with Crippen molar-refractivity contribution in [3.63, 3.8) is 0 Å². The fourth-order valence-electron chi connectivity index (χ4n) is 3.62. The van der Waals surface area contributed by atoms with Crippen LogP contribution in [0.15, 0.2) is 36.5 Å². The number of likely N-dealkylation sites (tertiary alicyclic amines) is 1. The predicted molar refractivity (Wildman–Crippen MR) is 92.8 cm³/mol. The highest BCUT2D eigenvalue weighted by atomic mass is 16.4. The monoisotopic (exact) mass is 327 g/mol. The van der Waals surface area contributed by atoms with Gasteiger partial charge in [-0.1, -0.05) is 37.3 Å². The standard InChI is InChI=1S/C19H25N3O2/c1-3-9-22-14(2)16(10-20-22)11-21-12-17(18(13-21)19(23)24)15-7-5-4-6-8-15/h4-8,10,17-18H,3,9,11-13H2,1-2H3,(H,23,24)/t17-,18+/m1/s1. The van der Waals surface area contributed by atoms with E-state index in [1.807, 2.05) is 41.2 Å². The number of carbonyl (C=O) groups is 1. The SMILES string of the molecule is CCCn1ncc(CN2C[C@H](C(=O)O)[C@@H](c3ccccc3)C2)c1C. The second-order valence-corrected chi connectivity index (χ2v) is 6.63. The van der Waals surface area contributed by atoms with Crippen LogP contribution in [0.2, 0.25) is 0 Å². The third-order valence-electron chi connectivity index (χ3n) is 4.97. The van der Waals surface area contributed by atoms with Crippen molar-refractivity contribution in [3.05, 3.63) is 53.3 Å². The van der Waals surface area contributed by atoms with Gasteiger partial charge in [0.15, 0.2) is 0 Å². The summed E-state index contributed by atoms with van der Waals surface area (Å²) in [5.74, 6) is -1.00. The Bertz CT molecular complexity index is 696. The van der Waals surface area contributed by atoms with Crippen LogP contribution in [0.1, 0.15) is 36.1 Å². The van der Waals surface area contributed by atoms with Crippen LogP contribution < -0.4 is 0 Å². The van der Waals surface area contributed by atoms with E-state index in [9.17, 15) is 9.90 Å². The zero-order valence-corrected chi connectivity index (χ0v) is 14.4. The highest BCUT2D eigenvalue weighted by molar-refractivity contribution is 5.72. The molecule has 0 amide bonds. The molecule has 0 unspecified atom stereocenters.